The highest BCUT2D eigenvalue weighted by Crippen LogP contribution is 2.18. The molecule has 2 atom stereocenters. The molecule has 72 valence electrons. The molecule has 0 aromatic carbocycles. The number of rotatable bonds is 4. The van der Waals surface area contributed by atoms with Gasteiger partial charge in [0.15, 0.2) is 0 Å². The highest BCUT2D eigenvalue weighted by atomic mass is 16.5. The molecule has 0 aliphatic rings. The molecule has 0 rings (SSSR count). The van der Waals surface area contributed by atoms with Gasteiger partial charge in [-0.25, -0.2) is 0 Å². The van der Waals surface area contributed by atoms with Crippen LogP contribution in [0.5, 0.6) is 0 Å². The predicted molar refractivity (Wildman–Crippen MR) is 46.6 cm³/mol. The minimum atomic E-state index is -0.586. The van der Waals surface area contributed by atoms with Crippen molar-refractivity contribution in [2.24, 2.45) is 11.8 Å². The van der Waals surface area contributed by atoms with Crippen LogP contribution in [0.2, 0.25) is 0 Å². The lowest BCUT2D eigenvalue weighted by Crippen LogP contribution is -2.33. The van der Waals surface area contributed by atoms with Crippen LogP contribution < -0.4 is 0 Å². The summed E-state index contributed by atoms with van der Waals surface area (Å²) in [6.07, 6.45) is -0.00440. The van der Waals surface area contributed by atoms with Gasteiger partial charge in [-0.1, -0.05) is 20.8 Å². The lowest BCUT2D eigenvalue weighted by molar-refractivity contribution is -0.151. The van der Waals surface area contributed by atoms with E-state index in [-0.39, 0.29) is 17.8 Å². The average molecular weight is 174 g/mol. The number of aliphatic hydroxyl groups is 1. The van der Waals surface area contributed by atoms with Crippen molar-refractivity contribution in [3.05, 3.63) is 0 Å². The molecule has 0 amide bonds. The first-order chi connectivity index (χ1) is 5.54. The van der Waals surface area contributed by atoms with E-state index >= 15 is 0 Å². The smallest absolute Gasteiger partial charge is 0.311 e. The van der Waals surface area contributed by atoms with Crippen molar-refractivity contribution in [1.82, 2.24) is 0 Å². The lowest BCUT2D eigenvalue weighted by atomic mass is 9.89. The first-order valence-corrected chi connectivity index (χ1v) is 4.30. The summed E-state index contributed by atoms with van der Waals surface area (Å²) >= 11 is 0. The fourth-order valence-electron chi connectivity index (χ4n) is 1.26. The molecule has 0 saturated carbocycles. The average Bonchev–Trinajstić information content (AvgIpc) is 2.03. The third-order valence-electron chi connectivity index (χ3n) is 2.02. The first kappa shape index (κ1) is 11.4. The molecule has 0 aliphatic heterocycles. The van der Waals surface area contributed by atoms with E-state index in [1.54, 1.807) is 0 Å². The van der Waals surface area contributed by atoms with Crippen molar-refractivity contribution in [2.45, 2.75) is 33.3 Å². The molecular formula is C9H18O3. The summed E-state index contributed by atoms with van der Waals surface area (Å²) in [6.45, 7) is 5.66. The molecule has 0 aliphatic carbocycles. The summed E-state index contributed by atoms with van der Waals surface area (Å²) < 4.78 is 4.60. The second-order valence-corrected chi connectivity index (χ2v) is 3.27. The van der Waals surface area contributed by atoms with E-state index in [0.29, 0.717) is 6.42 Å². The zero-order valence-corrected chi connectivity index (χ0v) is 8.20. The maximum Gasteiger partial charge on any atom is 0.311 e. The zero-order valence-electron chi connectivity index (χ0n) is 8.20. The number of carbonyl (C=O) groups excluding carboxylic acids is 1. The van der Waals surface area contributed by atoms with Gasteiger partial charge in [0.1, 0.15) is 0 Å². The summed E-state index contributed by atoms with van der Waals surface area (Å²) in [6, 6.07) is 0. The molecule has 0 saturated heterocycles. The summed E-state index contributed by atoms with van der Waals surface area (Å²) in [7, 11) is 1.35. The van der Waals surface area contributed by atoms with Crippen molar-refractivity contribution in [2.75, 3.05) is 7.11 Å². The van der Waals surface area contributed by atoms with Crippen LogP contribution in [0.4, 0.5) is 0 Å². The van der Waals surface area contributed by atoms with E-state index in [0.717, 1.165) is 0 Å². The third-order valence-corrected chi connectivity index (χ3v) is 2.02. The van der Waals surface area contributed by atoms with Gasteiger partial charge in [-0.3, -0.25) is 4.79 Å². The highest BCUT2D eigenvalue weighted by molar-refractivity contribution is 5.73. The molecule has 12 heavy (non-hydrogen) atoms. The largest absolute Gasteiger partial charge is 0.469 e. The minimum absolute atomic E-state index is 0.118. The SMILES string of the molecule is CCC(O)C(C(=O)OC)C(C)C. The Labute approximate surface area is 73.7 Å². The maximum atomic E-state index is 11.2. The monoisotopic (exact) mass is 174 g/mol. The molecule has 3 nitrogen and oxygen atoms in total. The van der Waals surface area contributed by atoms with Crippen LogP contribution in [0, 0.1) is 11.8 Å². The van der Waals surface area contributed by atoms with Gasteiger partial charge >= 0.3 is 5.97 Å². The molecule has 0 aromatic rings. The number of methoxy groups -OCH3 is 1. The van der Waals surface area contributed by atoms with Gasteiger partial charge in [-0.2, -0.15) is 0 Å². The van der Waals surface area contributed by atoms with E-state index in [4.69, 9.17) is 0 Å². The number of hydrogen-bond acceptors (Lipinski definition) is 3. The summed E-state index contributed by atoms with van der Waals surface area (Å²) in [4.78, 5) is 11.2. The first-order valence-electron chi connectivity index (χ1n) is 4.30. The Balaban J connectivity index is 4.32. The van der Waals surface area contributed by atoms with Crippen molar-refractivity contribution in [3.63, 3.8) is 0 Å². The number of carbonyl (C=O) groups is 1. The fraction of sp³-hybridized carbons (Fsp3) is 0.889. The van der Waals surface area contributed by atoms with Crippen LogP contribution in [0.3, 0.4) is 0 Å². The second-order valence-electron chi connectivity index (χ2n) is 3.27. The summed E-state index contributed by atoms with van der Waals surface area (Å²) in [5, 5.41) is 9.49. The van der Waals surface area contributed by atoms with E-state index in [1.807, 2.05) is 20.8 Å². The van der Waals surface area contributed by atoms with Gasteiger partial charge in [0, 0.05) is 0 Å². The standard InChI is InChI=1S/C9H18O3/c1-5-7(10)8(6(2)3)9(11)12-4/h6-8,10H,5H2,1-4H3. The minimum Gasteiger partial charge on any atom is -0.469 e. The molecule has 0 bridgehead atoms. The Kier molecular flexibility index (Phi) is 4.90. The van der Waals surface area contributed by atoms with Crippen molar-refractivity contribution < 1.29 is 14.6 Å². The third kappa shape index (κ3) is 2.81. The van der Waals surface area contributed by atoms with Crippen LogP contribution >= 0.6 is 0 Å². The molecule has 0 heterocycles. The Morgan fingerprint density at radius 1 is 1.50 bits per heavy atom. The molecule has 0 radical (unpaired) electrons. The summed E-state index contributed by atoms with van der Waals surface area (Å²) in [5.74, 6) is -0.591. The van der Waals surface area contributed by atoms with Crippen molar-refractivity contribution >= 4 is 5.97 Å². The number of ether oxygens (including phenoxy) is 1. The Hall–Kier alpha value is -0.570. The Morgan fingerprint density at radius 2 is 2.00 bits per heavy atom. The van der Waals surface area contributed by atoms with E-state index in [1.165, 1.54) is 7.11 Å². The van der Waals surface area contributed by atoms with Gasteiger partial charge in [0.05, 0.1) is 19.1 Å². The zero-order chi connectivity index (χ0) is 9.72. The van der Waals surface area contributed by atoms with Gasteiger partial charge in [-0.15, -0.1) is 0 Å². The molecule has 0 spiro atoms. The lowest BCUT2D eigenvalue weighted by Gasteiger charge is -2.22. The van der Waals surface area contributed by atoms with Crippen molar-refractivity contribution in [3.8, 4) is 0 Å². The fourth-order valence-corrected chi connectivity index (χ4v) is 1.26. The number of hydrogen-bond donors (Lipinski definition) is 1. The van der Waals surface area contributed by atoms with E-state index in [2.05, 4.69) is 4.74 Å². The number of aliphatic hydroxyl groups excluding tert-OH is 1. The molecule has 1 N–H and O–H groups in total. The predicted octanol–water partition coefficient (Wildman–Crippen LogP) is 1.20. The van der Waals surface area contributed by atoms with Crippen LogP contribution in [0.25, 0.3) is 0 Å². The van der Waals surface area contributed by atoms with Gasteiger partial charge in [0.25, 0.3) is 0 Å². The Bertz CT molecular complexity index is 143. The van der Waals surface area contributed by atoms with Gasteiger partial charge in [-0.05, 0) is 12.3 Å². The van der Waals surface area contributed by atoms with Crippen LogP contribution in [0.1, 0.15) is 27.2 Å². The van der Waals surface area contributed by atoms with Crippen LogP contribution in [-0.4, -0.2) is 24.3 Å². The topological polar surface area (TPSA) is 46.5 Å². The highest BCUT2D eigenvalue weighted by Gasteiger charge is 2.29. The maximum absolute atomic E-state index is 11.2. The van der Waals surface area contributed by atoms with E-state index < -0.39 is 6.10 Å². The molecule has 0 aromatic heterocycles. The molecular weight excluding hydrogens is 156 g/mol. The van der Waals surface area contributed by atoms with Gasteiger partial charge in [0.2, 0.25) is 0 Å². The molecule has 2 unspecified atom stereocenters. The van der Waals surface area contributed by atoms with Gasteiger partial charge < -0.3 is 9.84 Å². The Morgan fingerprint density at radius 3 is 2.25 bits per heavy atom. The van der Waals surface area contributed by atoms with Crippen LogP contribution in [-0.2, 0) is 9.53 Å². The summed E-state index contributed by atoms with van der Waals surface area (Å²) in [5.41, 5.74) is 0. The normalized spacial score (nSPS) is 15.8. The van der Waals surface area contributed by atoms with Crippen molar-refractivity contribution in [1.29, 1.82) is 0 Å². The second kappa shape index (κ2) is 5.14. The molecule has 0 fully saturated rings. The molecule has 3 heteroatoms. The van der Waals surface area contributed by atoms with E-state index in [9.17, 15) is 9.90 Å². The quantitative estimate of drug-likeness (QED) is 0.651. The number of esters is 1. The van der Waals surface area contributed by atoms with Crippen LogP contribution in [0.15, 0.2) is 0 Å².